The van der Waals surface area contributed by atoms with Crippen molar-refractivity contribution in [2.24, 2.45) is 0 Å². The molecule has 5 heteroatoms. The van der Waals surface area contributed by atoms with Crippen LogP contribution in [0.1, 0.15) is 5.56 Å². The number of carbonyl (C=O) groups excluding carboxylic acids is 1. The van der Waals surface area contributed by atoms with Gasteiger partial charge in [-0.1, -0.05) is 30.3 Å². The second-order valence-corrected chi connectivity index (χ2v) is 4.56. The van der Waals surface area contributed by atoms with Crippen molar-refractivity contribution in [3.8, 4) is 0 Å². The van der Waals surface area contributed by atoms with Gasteiger partial charge >= 0.3 is 5.97 Å². The molecule has 1 rings (SSSR count). The van der Waals surface area contributed by atoms with Gasteiger partial charge in [0.2, 0.25) is 0 Å². The Morgan fingerprint density at radius 1 is 1.11 bits per heavy atom. The lowest BCUT2D eigenvalue weighted by molar-refractivity contribution is -0.146. The van der Waals surface area contributed by atoms with E-state index in [1.54, 1.807) is 0 Å². The highest BCUT2D eigenvalue weighted by Crippen LogP contribution is 2.01. The van der Waals surface area contributed by atoms with Gasteiger partial charge in [0.15, 0.2) is 0 Å². The first kappa shape index (κ1) is 15.3. The van der Waals surface area contributed by atoms with E-state index < -0.39 is 0 Å². The number of hydrogen-bond donors (Lipinski definition) is 0. The highest BCUT2D eigenvalue weighted by molar-refractivity contribution is 6.18. The van der Waals surface area contributed by atoms with Crippen molar-refractivity contribution in [3.05, 3.63) is 35.9 Å². The summed E-state index contributed by atoms with van der Waals surface area (Å²) in [6.45, 7) is 1.80. The van der Waals surface area contributed by atoms with Gasteiger partial charge in [0, 0.05) is 24.8 Å². The van der Waals surface area contributed by atoms with Gasteiger partial charge in [0.1, 0.15) is 6.61 Å². The minimum Gasteiger partial charge on any atom is -0.460 e. The molecule has 0 fully saturated rings. The summed E-state index contributed by atoms with van der Waals surface area (Å²) in [6.07, 6.45) is 0. The van der Waals surface area contributed by atoms with E-state index in [1.807, 2.05) is 35.2 Å². The molecular formula is C13H17Cl2NO2. The summed E-state index contributed by atoms with van der Waals surface area (Å²) in [7, 11) is 0. The van der Waals surface area contributed by atoms with E-state index in [4.69, 9.17) is 27.9 Å². The average molecular weight is 290 g/mol. The third-order valence-electron chi connectivity index (χ3n) is 2.40. The maximum atomic E-state index is 11.6. The molecule has 0 saturated heterocycles. The molecule has 0 spiro atoms. The quantitative estimate of drug-likeness (QED) is 0.544. The normalized spacial score (nSPS) is 10.6. The standard InChI is InChI=1S/C13H17Cl2NO2/c14-6-8-16(9-7-15)10-13(17)18-11-12-4-2-1-3-5-12/h1-5H,6-11H2. The fraction of sp³-hybridized carbons (Fsp3) is 0.462. The van der Waals surface area contributed by atoms with Crippen molar-refractivity contribution in [3.63, 3.8) is 0 Å². The van der Waals surface area contributed by atoms with E-state index >= 15 is 0 Å². The maximum Gasteiger partial charge on any atom is 0.320 e. The van der Waals surface area contributed by atoms with Gasteiger partial charge in [-0.25, -0.2) is 0 Å². The lowest BCUT2D eigenvalue weighted by atomic mass is 10.2. The van der Waals surface area contributed by atoms with Gasteiger partial charge in [-0.2, -0.15) is 0 Å². The van der Waals surface area contributed by atoms with E-state index in [-0.39, 0.29) is 12.5 Å². The zero-order valence-corrected chi connectivity index (χ0v) is 11.7. The Balaban J connectivity index is 2.31. The van der Waals surface area contributed by atoms with Crippen molar-refractivity contribution in [2.75, 3.05) is 31.4 Å². The van der Waals surface area contributed by atoms with Crippen LogP contribution in [0.5, 0.6) is 0 Å². The number of hydrogen-bond acceptors (Lipinski definition) is 3. The van der Waals surface area contributed by atoms with Crippen LogP contribution >= 0.6 is 23.2 Å². The van der Waals surface area contributed by atoms with Gasteiger partial charge in [0.25, 0.3) is 0 Å². The summed E-state index contributed by atoms with van der Waals surface area (Å²) < 4.78 is 5.18. The molecule has 0 bridgehead atoms. The number of ether oxygens (including phenoxy) is 1. The number of alkyl halides is 2. The molecule has 0 amide bonds. The van der Waals surface area contributed by atoms with Crippen LogP contribution in [0.3, 0.4) is 0 Å². The van der Waals surface area contributed by atoms with E-state index in [0.717, 1.165) is 5.56 Å². The Morgan fingerprint density at radius 2 is 1.72 bits per heavy atom. The first-order chi connectivity index (χ1) is 8.76. The minimum absolute atomic E-state index is 0.228. The molecule has 0 heterocycles. The van der Waals surface area contributed by atoms with Gasteiger partial charge in [-0.3, -0.25) is 9.69 Å². The summed E-state index contributed by atoms with van der Waals surface area (Å²) in [5.41, 5.74) is 0.979. The SMILES string of the molecule is O=C(CN(CCCl)CCCl)OCc1ccccc1. The van der Waals surface area contributed by atoms with Crippen LogP contribution in [-0.4, -0.2) is 42.3 Å². The van der Waals surface area contributed by atoms with Crippen LogP contribution in [0.4, 0.5) is 0 Å². The van der Waals surface area contributed by atoms with Gasteiger partial charge < -0.3 is 4.74 Å². The molecule has 1 aromatic carbocycles. The topological polar surface area (TPSA) is 29.5 Å². The Kier molecular flexibility index (Phi) is 7.81. The summed E-state index contributed by atoms with van der Waals surface area (Å²) >= 11 is 11.3. The zero-order valence-electron chi connectivity index (χ0n) is 10.1. The average Bonchev–Trinajstić information content (AvgIpc) is 2.38. The molecule has 0 saturated carbocycles. The van der Waals surface area contributed by atoms with Crippen LogP contribution in [0, 0.1) is 0 Å². The maximum absolute atomic E-state index is 11.6. The van der Waals surface area contributed by atoms with Crippen molar-refractivity contribution in [1.82, 2.24) is 4.90 Å². The van der Waals surface area contributed by atoms with Gasteiger partial charge in [-0.15, -0.1) is 23.2 Å². The summed E-state index contributed by atoms with van der Waals surface area (Å²) in [6, 6.07) is 9.59. The largest absolute Gasteiger partial charge is 0.460 e. The molecule has 0 aliphatic rings. The predicted molar refractivity (Wildman–Crippen MR) is 74.1 cm³/mol. The van der Waals surface area contributed by atoms with Crippen LogP contribution in [0.2, 0.25) is 0 Å². The fourth-order valence-electron chi connectivity index (χ4n) is 1.48. The lowest BCUT2D eigenvalue weighted by Gasteiger charge is -2.18. The van der Waals surface area contributed by atoms with Crippen molar-refractivity contribution >= 4 is 29.2 Å². The molecular weight excluding hydrogens is 273 g/mol. The van der Waals surface area contributed by atoms with Crippen LogP contribution < -0.4 is 0 Å². The van der Waals surface area contributed by atoms with Crippen LogP contribution in [0.15, 0.2) is 30.3 Å². The molecule has 0 aliphatic heterocycles. The number of rotatable bonds is 8. The number of halogens is 2. The predicted octanol–water partition coefficient (Wildman–Crippen LogP) is 2.51. The smallest absolute Gasteiger partial charge is 0.320 e. The Morgan fingerprint density at radius 3 is 2.28 bits per heavy atom. The summed E-state index contributed by atoms with van der Waals surface area (Å²) in [5, 5.41) is 0. The molecule has 100 valence electrons. The first-order valence-corrected chi connectivity index (χ1v) is 6.87. The highest BCUT2D eigenvalue weighted by atomic mass is 35.5. The van der Waals surface area contributed by atoms with Crippen molar-refractivity contribution < 1.29 is 9.53 Å². The van der Waals surface area contributed by atoms with Gasteiger partial charge in [0.05, 0.1) is 6.54 Å². The van der Waals surface area contributed by atoms with E-state index in [2.05, 4.69) is 0 Å². The number of benzene rings is 1. The Labute approximate surface area is 118 Å². The van der Waals surface area contributed by atoms with E-state index in [0.29, 0.717) is 31.5 Å². The molecule has 0 radical (unpaired) electrons. The van der Waals surface area contributed by atoms with E-state index in [1.165, 1.54) is 0 Å². The molecule has 3 nitrogen and oxygen atoms in total. The third kappa shape index (κ3) is 6.24. The summed E-state index contributed by atoms with van der Waals surface area (Å²) in [5.74, 6) is 0.695. The van der Waals surface area contributed by atoms with Crippen LogP contribution in [0.25, 0.3) is 0 Å². The number of esters is 1. The molecule has 0 aromatic heterocycles. The molecule has 0 atom stereocenters. The minimum atomic E-state index is -0.255. The number of nitrogens with zero attached hydrogens (tertiary/aromatic N) is 1. The fourth-order valence-corrected chi connectivity index (χ4v) is 1.95. The lowest BCUT2D eigenvalue weighted by Crippen LogP contribution is -2.34. The highest BCUT2D eigenvalue weighted by Gasteiger charge is 2.10. The van der Waals surface area contributed by atoms with Gasteiger partial charge in [-0.05, 0) is 5.56 Å². The molecule has 0 aliphatic carbocycles. The molecule has 18 heavy (non-hydrogen) atoms. The zero-order chi connectivity index (χ0) is 13.2. The first-order valence-electron chi connectivity index (χ1n) is 5.80. The Hall–Kier alpha value is -0.770. The third-order valence-corrected chi connectivity index (χ3v) is 2.73. The second-order valence-electron chi connectivity index (χ2n) is 3.80. The van der Waals surface area contributed by atoms with Crippen molar-refractivity contribution in [2.45, 2.75) is 6.61 Å². The monoisotopic (exact) mass is 289 g/mol. The summed E-state index contributed by atoms with van der Waals surface area (Å²) in [4.78, 5) is 13.5. The number of carbonyl (C=O) groups is 1. The van der Waals surface area contributed by atoms with E-state index in [9.17, 15) is 4.79 Å². The molecule has 0 N–H and O–H groups in total. The molecule has 0 unspecified atom stereocenters. The second kappa shape index (κ2) is 9.20. The molecule has 1 aromatic rings. The van der Waals surface area contributed by atoms with Crippen molar-refractivity contribution in [1.29, 1.82) is 0 Å². The van der Waals surface area contributed by atoms with Crippen LogP contribution in [-0.2, 0) is 16.1 Å². The Bertz CT molecular complexity index is 340.